The van der Waals surface area contributed by atoms with Crippen molar-refractivity contribution in [3.8, 4) is 5.75 Å². The summed E-state index contributed by atoms with van der Waals surface area (Å²) in [6, 6.07) is -0.718. The zero-order valence-corrected chi connectivity index (χ0v) is 16.5. The molecule has 1 aromatic rings. The number of nitrogens with two attached hydrogens (primary N) is 1. The van der Waals surface area contributed by atoms with Crippen LogP contribution in [0, 0.1) is 5.92 Å². The molecule has 1 atom stereocenters. The molecule has 0 aliphatic rings. The highest BCUT2D eigenvalue weighted by atomic mass is 35.5. The van der Waals surface area contributed by atoms with E-state index in [0.717, 1.165) is 0 Å². The lowest BCUT2D eigenvalue weighted by Crippen LogP contribution is -2.43. The second kappa shape index (κ2) is 9.32. The molecule has 0 fully saturated rings. The molecule has 0 aliphatic carbocycles. The lowest BCUT2D eigenvalue weighted by atomic mass is 10.0. The Labute approximate surface area is 164 Å². The summed E-state index contributed by atoms with van der Waals surface area (Å²) < 4.78 is 5.02. The first-order chi connectivity index (χ1) is 11.1. The Morgan fingerprint density at radius 1 is 1.00 bits per heavy atom. The molecule has 3 N–H and O–H groups in total. The van der Waals surface area contributed by atoms with Gasteiger partial charge in [-0.15, -0.1) is 0 Å². The van der Waals surface area contributed by atoms with Crippen molar-refractivity contribution in [3.05, 3.63) is 25.1 Å². The molecule has 0 saturated heterocycles. The Kier molecular flexibility index (Phi) is 8.39. The predicted octanol–water partition coefficient (Wildman–Crippen LogP) is 4.35. The minimum atomic E-state index is -0.821. The number of hydrogen-bond acceptors (Lipinski definition) is 4. The third-order valence-electron chi connectivity index (χ3n) is 2.85. The number of benzene rings is 1. The van der Waals surface area contributed by atoms with E-state index in [1.807, 2.05) is 13.8 Å². The number of nitrogens with one attached hydrogen (secondary N) is 1. The van der Waals surface area contributed by atoms with Crippen molar-refractivity contribution in [2.75, 3.05) is 6.54 Å². The van der Waals surface area contributed by atoms with Gasteiger partial charge < -0.3 is 15.8 Å². The minimum Gasteiger partial charge on any atom is -0.422 e. The number of halogens is 5. The van der Waals surface area contributed by atoms with Crippen LogP contribution in [0.1, 0.15) is 20.3 Å². The Balaban J connectivity index is 2.75. The van der Waals surface area contributed by atoms with Gasteiger partial charge in [0.25, 0.3) is 0 Å². The van der Waals surface area contributed by atoms with Crippen LogP contribution in [-0.2, 0) is 9.59 Å². The van der Waals surface area contributed by atoms with E-state index in [1.165, 1.54) is 0 Å². The Morgan fingerprint density at radius 3 is 1.92 bits per heavy atom. The first-order valence-corrected chi connectivity index (χ1v) is 8.70. The average molecular weight is 437 g/mol. The average Bonchev–Trinajstić information content (AvgIpc) is 2.52. The number of carbonyl (C=O) groups excluding carboxylic acids is 2. The second-order valence-electron chi connectivity index (χ2n) is 5.33. The maximum absolute atomic E-state index is 11.9. The van der Waals surface area contributed by atoms with Crippen molar-refractivity contribution in [2.45, 2.75) is 26.3 Å². The summed E-state index contributed by atoms with van der Waals surface area (Å²) in [5, 5.41) is 1.80. The fourth-order valence-electron chi connectivity index (χ4n) is 1.73. The molecule has 0 saturated carbocycles. The van der Waals surface area contributed by atoms with Crippen molar-refractivity contribution in [1.29, 1.82) is 0 Å². The van der Waals surface area contributed by atoms with Gasteiger partial charge in [0.05, 0.1) is 21.1 Å². The fraction of sp³-hybridized carbons (Fsp3) is 0.429. The van der Waals surface area contributed by atoms with Crippen LogP contribution in [0.4, 0.5) is 0 Å². The summed E-state index contributed by atoms with van der Waals surface area (Å²) in [4.78, 5) is 23.6. The molecule has 10 heteroatoms. The molecule has 24 heavy (non-hydrogen) atoms. The van der Waals surface area contributed by atoms with Gasteiger partial charge in [-0.05, 0) is 12.3 Å². The number of esters is 1. The molecule has 1 rings (SSSR count). The van der Waals surface area contributed by atoms with Crippen LogP contribution in [-0.4, -0.2) is 24.5 Å². The van der Waals surface area contributed by atoms with E-state index < -0.39 is 24.5 Å². The van der Waals surface area contributed by atoms with Crippen LogP contribution >= 0.6 is 58.0 Å². The van der Waals surface area contributed by atoms with Gasteiger partial charge in [-0.1, -0.05) is 71.9 Å². The summed E-state index contributed by atoms with van der Waals surface area (Å²) in [6.45, 7) is 3.44. The van der Waals surface area contributed by atoms with Crippen molar-refractivity contribution >= 4 is 69.9 Å². The molecule has 0 bridgehead atoms. The molecular weight excluding hydrogens is 421 g/mol. The van der Waals surface area contributed by atoms with Crippen LogP contribution in [0.25, 0.3) is 0 Å². The normalized spacial score (nSPS) is 12.2. The topological polar surface area (TPSA) is 81.4 Å². The Morgan fingerprint density at radius 2 is 1.46 bits per heavy atom. The third-order valence-corrected chi connectivity index (χ3v) is 5.10. The molecule has 0 aromatic heterocycles. The van der Waals surface area contributed by atoms with Crippen LogP contribution in [0.2, 0.25) is 25.1 Å². The maximum atomic E-state index is 11.9. The van der Waals surface area contributed by atoms with Gasteiger partial charge in [-0.25, -0.2) is 4.79 Å². The molecule has 0 aliphatic heterocycles. The summed E-state index contributed by atoms with van der Waals surface area (Å²) in [7, 11) is 0. The van der Waals surface area contributed by atoms with Gasteiger partial charge in [0.15, 0.2) is 5.75 Å². The molecule has 0 radical (unpaired) electrons. The van der Waals surface area contributed by atoms with Gasteiger partial charge in [0.1, 0.15) is 16.6 Å². The van der Waals surface area contributed by atoms with Gasteiger partial charge >= 0.3 is 5.97 Å². The largest absolute Gasteiger partial charge is 0.422 e. The van der Waals surface area contributed by atoms with Crippen molar-refractivity contribution in [2.24, 2.45) is 11.7 Å². The van der Waals surface area contributed by atoms with E-state index in [-0.39, 0.29) is 36.8 Å². The monoisotopic (exact) mass is 434 g/mol. The summed E-state index contributed by atoms with van der Waals surface area (Å²) >= 11 is 29.5. The molecule has 0 unspecified atom stereocenters. The summed E-state index contributed by atoms with van der Waals surface area (Å²) in [5.74, 6) is -1.28. The van der Waals surface area contributed by atoms with Gasteiger partial charge in [-0.3, -0.25) is 4.79 Å². The van der Waals surface area contributed by atoms with E-state index in [2.05, 4.69) is 5.32 Å². The molecular formula is C14H15Cl5N2O3. The number of carbonyl (C=O) groups is 2. The standard InChI is InChI=1S/C14H15Cl5N2O3/c1-5(2)3-6(20)14(23)21-4-7(22)24-13-11(18)9(16)8(15)10(17)12(13)19/h5-6H,3-4,20H2,1-2H3,(H,21,23)/t6-/m0/s1. The molecule has 1 amide bonds. The minimum absolute atomic E-state index is 0.0545. The zero-order valence-electron chi connectivity index (χ0n) is 12.8. The lowest BCUT2D eigenvalue weighted by molar-refractivity contribution is -0.135. The highest BCUT2D eigenvalue weighted by Crippen LogP contribution is 2.48. The molecule has 1 aromatic carbocycles. The van der Waals surface area contributed by atoms with Crippen LogP contribution < -0.4 is 15.8 Å². The number of rotatable bonds is 6. The SMILES string of the molecule is CC(C)C[C@H](N)C(=O)NCC(=O)Oc1c(Cl)c(Cl)c(Cl)c(Cl)c1Cl. The maximum Gasteiger partial charge on any atom is 0.330 e. The highest BCUT2D eigenvalue weighted by Gasteiger charge is 2.23. The van der Waals surface area contributed by atoms with Crippen molar-refractivity contribution < 1.29 is 14.3 Å². The van der Waals surface area contributed by atoms with Crippen LogP contribution in [0.5, 0.6) is 5.75 Å². The van der Waals surface area contributed by atoms with Crippen LogP contribution in [0.3, 0.4) is 0 Å². The van der Waals surface area contributed by atoms with Crippen molar-refractivity contribution in [3.63, 3.8) is 0 Å². The van der Waals surface area contributed by atoms with Crippen molar-refractivity contribution in [1.82, 2.24) is 5.32 Å². The van der Waals surface area contributed by atoms with Gasteiger partial charge in [0, 0.05) is 0 Å². The molecule has 0 spiro atoms. The fourth-order valence-corrected chi connectivity index (χ4v) is 2.93. The third kappa shape index (κ3) is 5.55. The van der Waals surface area contributed by atoms with E-state index in [4.69, 9.17) is 68.5 Å². The Bertz CT molecular complexity index is 623. The Hall–Kier alpha value is -0.430. The number of hydrogen-bond donors (Lipinski definition) is 2. The van der Waals surface area contributed by atoms with E-state index >= 15 is 0 Å². The van der Waals surface area contributed by atoms with Gasteiger partial charge in [-0.2, -0.15) is 0 Å². The molecule has 0 heterocycles. The quantitative estimate of drug-likeness (QED) is 0.301. The lowest BCUT2D eigenvalue weighted by Gasteiger charge is -2.15. The number of ether oxygens (including phenoxy) is 1. The summed E-state index contributed by atoms with van der Waals surface area (Å²) in [6.07, 6.45) is 0.487. The molecule has 5 nitrogen and oxygen atoms in total. The van der Waals surface area contributed by atoms with E-state index in [9.17, 15) is 9.59 Å². The number of amides is 1. The zero-order chi connectivity index (χ0) is 18.6. The first-order valence-electron chi connectivity index (χ1n) is 6.81. The predicted molar refractivity (Wildman–Crippen MR) is 97.6 cm³/mol. The van der Waals surface area contributed by atoms with Crippen LogP contribution in [0.15, 0.2) is 0 Å². The second-order valence-corrected chi connectivity index (χ2v) is 7.22. The highest BCUT2D eigenvalue weighted by molar-refractivity contribution is 6.55. The first kappa shape index (κ1) is 21.6. The van der Waals surface area contributed by atoms with Gasteiger partial charge in [0.2, 0.25) is 5.91 Å². The smallest absolute Gasteiger partial charge is 0.330 e. The van der Waals surface area contributed by atoms with E-state index in [0.29, 0.717) is 6.42 Å². The summed E-state index contributed by atoms with van der Waals surface area (Å²) in [5.41, 5.74) is 5.71. The molecule has 134 valence electrons. The van der Waals surface area contributed by atoms with E-state index in [1.54, 1.807) is 0 Å².